The molecule has 46 heavy (non-hydrogen) atoms. The van der Waals surface area contributed by atoms with Crippen LogP contribution in [-0.4, -0.2) is 87.0 Å². The molecule has 2 aliphatic heterocycles. The van der Waals surface area contributed by atoms with Crippen molar-refractivity contribution in [3.63, 3.8) is 0 Å². The lowest BCUT2D eigenvalue weighted by Crippen LogP contribution is -2.37. The second-order valence-electron chi connectivity index (χ2n) is 11.0. The van der Waals surface area contributed by atoms with Gasteiger partial charge in [-0.1, -0.05) is 30.3 Å². The number of nitrogens with zero attached hydrogens (tertiary/aromatic N) is 2. The van der Waals surface area contributed by atoms with Gasteiger partial charge in [0.1, 0.15) is 23.2 Å². The molecule has 1 saturated heterocycles. The van der Waals surface area contributed by atoms with Crippen LogP contribution in [0.3, 0.4) is 0 Å². The monoisotopic (exact) mass is 643 g/mol. The highest BCUT2D eigenvalue weighted by Gasteiger charge is 2.25. The van der Waals surface area contributed by atoms with Gasteiger partial charge in [0.05, 0.1) is 11.8 Å². The van der Waals surface area contributed by atoms with E-state index < -0.39 is 12.1 Å². The zero-order valence-corrected chi connectivity index (χ0v) is 27.6. The van der Waals surface area contributed by atoms with E-state index in [0.717, 1.165) is 19.3 Å². The van der Waals surface area contributed by atoms with Crippen LogP contribution in [0.1, 0.15) is 82.1 Å². The van der Waals surface area contributed by atoms with Gasteiger partial charge in [-0.2, -0.15) is 0 Å². The summed E-state index contributed by atoms with van der Waals surface area (Å²) in [6, 6.07) is 3.04. The summed E-state index contributed by atoms with van der Waals surface area (Å²) in [5.41, 5.74) is 1.15. The average Bonchev–Trinajstić information content (AvgIpc) is 3.04. The van der Waals surface area contributed by atoms with E-state index in [4.69, 9.17) is 28.5 Å². The second-order valence-corrected chi connectivity index (χ2v) is 11.0. The van der Waals surface area contributed by atoms with Crippen LogP contribution in [0.5, 0.6) is 11.5 Å². The predicted molar refractivity (Wildman–Crippen MR) is 173 cm³/mol. The van der Waals surface area contributed by atoms with E-state index >= 15 is 0 Å². The summed E-state index contributed by atoms with van der Waals surface area (Å²) < 4.78 is 28.4. The molecule has 12 heteroatoms. The van der Waals surface area contributed by atoms with Crippen LogP contribution in [0.25, 0.3) is 0 Å². The number of hydrogen-bond acceptors (Lipinski definition) is 10. The molecule has 2 aliphatic rings. The Morgan fingerprint density at radius 1 is 1.00 bits per heavy atom. The van der Waals surface area contributed by atoms with E-state index in [1.54, 1.807) is 37.0 Å². The highest BCUT2D eigenvalue weighted by Crippen LogP contribution is 2.32. The van der Waals surface area contributed by atoms with Crippen LogP contribution < -0.4 is 14.8 Å². The fourth-order valence-corrected chi connectivity index (χ4v) is 4.89. The van der Waals surface area contributed by atoms with Crippen molar-refractivity contribution in [2.24, 2.45) is 5.16 Å². The predicted octanol–water partition coefficient (Wildman–Crippen LogP) is 4.71. The van der Waals surface area contributed by atoms with Crippen molar-refractivity contribution in [1.82, 2.24) is 10.2 Å². The molecular weight excluding hydrogens is 594 g/mol. The number of piperidine rings is 1. The van der Waals surface area contributed by atoms with Crippen molar-refractivity contribution in [3.05, 3.63) is 47.6 Å². The van der Waals surface area contributed by atoms with Crippen LogP contribution in [0, 0.1) is 0 Å². The molecule has 2 amide bonds. The van der Waals surface area contributed by atoms with E-state index in [1.165, 1.54) is 0 Å². The Labute approximate surface area is 272 Å². The number of likely N-dealkylation sites (tertiary alicyclic amines) is 1. The van der Waals surface area contributed by atoms with E-state index in [9.17, 15) is 14.4 Å². The molecule has 1 aromatic carbocycles. The maximum Gasteiger partial charge on any atom is 0.342 e. The fraction of sp³-hybridized carbons (Fsp3) is 0.588. The average molecular weight is 644 g/mol. The summed E-state index contributed by atoms with van der Waals surface area (Å²) in [6.45, 7) is 9.31. The van der Waals surface area contributed by atoms with Crippen molar-refractivity contribution >= 4 is 23.5 Å². The van der Waals surface area contributed by atoms with Gasteiger partial charge in [0.25, 0.3) is 5.91 Å². The number of carbonyl (C=O) groups excluding carboxylic acids is 3. The number of fused-ring (bicyclic) bond motifs is 1. The number of benzene rings is 1. The Hall–Kier alpha value is -3.90. The van der Waals surface area contributed by atoms with Gasteiger partial charge in [-0.05, 0) is 64.2 Å². The summed E-state index contributed by atoms with van der Waals surface area (Å²) in [5.74, 6) is -0.154. The summed E-state index contributed by atoms with van der Waals surface area (Å²) >= 11 is 0. The smallest absolute Gasteiger partial charge is 0.342 e. The van der Waals surface area contributed by atoms with E-state index in [0.29, 0.717) is 62.6 Å². The molecule has 0 bridgehead atoms. The first-order valence-corrected chi connectivity index (χ1v) is 16.2. The third-order valence-electron chi connectivity index (χ3n) is 7.34. The van der Waals surface area contributed by atoms with Crippen molar-refractivity contribution in [2.75, 3.05) is 46.5 Å². The highest BCUT2D eigenvalue weighted by atomic mass is 16.7. The van der Waals surface area contributed by atoms with Gasteiger partial charge in [0.2, 0.25) is 5.91 Å². The first kappa shape index (κ1) is 36.6. The number of esters is 1. The van der Waals surface area contributed by atoms with E-state index in [-0.39, 0.29) is 55.8 Å². The molecule has 2 heterocycles. The summed E-state index contributed by atoms with van der Waals surface area (Å²) in [5, 5.41) is 7.33. The van der Waals surface area contributed by atoms with Crippen LogP contribution in [0.4, 0.5) is 0 Å². The number of allylic oxidation sites excluding steroid dienone is 1. The van der Waals surface area contributed by atoms with Gasteiger partial charge in [0, 0.05) is 51.6 Å². The molecule has 1 N–H and O–H groups in total. The van der Waals surface area contributed by atoms with Crippen molar-refractivity contribution in [1.29, 1.82) is 0 Å². The molecule has 1 aromatic rings. The van der Waals surface area contributed by atoms with Gasteiger partial charge < -0.3 is 38.7 Å². The largest absolute Gasteiger partial charge is 0.467 e. The minimum absolute atomic E-state index is 0.00143. The molecule has 0 spiro atoms. The third-order valence-corrected chi connectivity index (χ3v) is 7.34. The van der Waals surface area contributed by atoms with Crippen molar-refractivity contribution in [2.45, 2.75) is 84.8 Å². The van der Waals surface area contributed by atoms with Crippen LogP contribution >= 0.6 is 0 Å². The first-order valence-electron chi connectivity index (χ1n) is 16.2. The normalized spacial score (nSPS) is 21.3. The second kappa shape index (κ2) is 20.3. The topological polar surface area (TPSA) is 134 Å². The van der Waals surface area contributed by atoms with Crippen LogP contribution in [-0.2, 0) is 35.1 Å². The SMILES string of the molecule is CCOCOc1cc2c(c(OCOCC)c1)C(=O)O[C@H](C)C/C=C/[C@@H](NC(=O)CC)C/C=C/C(=NOCC(=O)N1CCCCC1)C2. The zero-order valence-electron chi connectivity index (χ0n) is 27.6. The summed E-state index contributed by atoms with van der Waals surface area (Å²) in [7, 11) is 0. The maximum absolute atomic E-state index is 13.7. The van der Waals surface area contributed by atoms with Gasteiger partial charge in [-0.25, -0.2) is 4.79 Å². The lowest BCUT2D eigenvalue weighted by molar-refractivity contribution is -0.137. The van der Waals surface area contributed by atoms with E-state index in [2.05, 4.69) is 10.5 Å². The third kappa shape index (κ3) is 12.5. The molecule has 1 fully saturated rings. The zero-order chi connectivity index (χ0) is 33.1. The number of amides is 2. The molecular formula is C34H49N3O9. The molecule has 3 rings (SSSR count). The number of ether oxygens (including phenoxy) is 5. The van der Waals surface area contributed by atoms with Gasteiger partial charge >= 0.3 is 5.97 Å². The highest BCUT2D eigenvalue weighted by molar-refractivity contribution is 6.00. The van der Waals surface area contributed by atoms with Gasteiger partial charge in [-0.15, -0.1) is 0 Å². The molecule has 0 saturated carbocycles. The van der Waals surface area contributed by atoms with Crippen molar-refractivity contribution in [3.8, 4) is 11.5 Å². The van der Waals surface area contributed by atoms with Gasteiger partial charge in [0.15, 0.2) is 20.2 Å². The lowest BCUT2D eigenvalue weighted by atomic mass is 9.99. The number of rotatable bonds is 13. The minimum Gasteiger partial charge on any atom is -0.467 e. The summed E-state index contributed by atoms with van der Waals surface area (Å²) in [4.78, 5) is 46.0. The maximum atomic E-state index is 13.7. The fourth-order valence-electron chi connectivity index (χ4n) is 4.89. The molecule has 0 aliphatic carbocycles. The standard InChI is InChI=1S/C34H49N3O9/c1-5-31(38)35-27-14-11-13-25(4)46-34(40)33-26(20-29(43-23-41-6-2)21-30(33)44-24-42-7-3)19-28(16-12-15-27)36-45-22-32(39)37-17-9-8-10-18-37/h11-12,14,16,20-21,25,27H,5-10,13,15,17-19,22-24H2,1-4H3,(H,35,38)/b14-11+,16-12+,36-28?/t25-,27-/m1/s1. The minimum atomic E-state index is -0.587. The Morgan fingerprint density at radius 2 is 1.74 bits per heavy atom. The molecule has 12 nitrogen and oxygen atoms in total. The molecule has 0 unspecified atom stereocenters. The molecule has 254 valence electrons. The quantitative estimate of drug-likeness (QED) is 0.107. The van der Waals surface area contributed by atoms with Gasteiger partial charge in [-0.3, -0.25) is 9.59 Å². The number of hydrogen-bond donors (Lipinski definition) is 1. The Bertz CT molecular complexity index is 1220. The molecule has 0 aromatic heterocycles. The van der Waals surface area contributed by atoms with Crippen molar-refractivity contribution < 1.29 is 42.9 Å². The first-order chi connectivity index (χ1) is 22.3. The van der Waals surface area contributed by atoms with Crippen LogP contribution in [0.15, 0.2) is 41.6 Å². The lowest BCUT2D eigenvalue weighted by Gasteiger charge is -2.26. The number of cyclic esters (lactones) is 1. The number of oxime groups is 1. The van der Waals surface area contributed by atoms with E-state index in [1.807, 2.05) is 32.1 Å². The number of nitrogens with one attached hydrogen (secondary N) is 1. The Morgan fingerprint density at radius 3 is 2.46 bits per heavy atom. The Balaban J connectivity index is 2.02. The number of carbonyl (C=O) groups is 3. The molecule has 0 radical (unpaired) electrons. The summed E-state index contributed by atoms with van der Waals surface area (Å²) in [6.07, 6.45) is 11.4. The Kier molecular flexibility index (Phi) is 16.1. The van der Waals surface area contributed by atoms with Crippen LogP contribution in [0.2, 0.25) is 0 Å². The molecule has 2 atom stereocenters.